The van der Waals surface area contributed by atoms with E-state index in [2.05, 4.69) is 5.32 Å². The summed E-state index contributed by atoms with van der Waals surface area (Å²) in [6.07, 6.45) is 8.85. The largest absolute Gasteiger partial charge is 0.465 e. The Balaban J connectivity index is 1.78. The maximum atomic E-state index is 12.1. The number of carbonyl (C=O) groups is 1. The minimum atomic E-state index is -0.689. The van der Waals surface area contributed by atoms with E-state index in [0.717, 1.165) is 19.4 Å². The van der Waals surface area contributed by atoms with E-state index in [1.807, 2.05) is 13.8 Å². The van der Waals surface area contributed by atoms with E-state index in [4.69, 9.17) is 9.47 Å². The molecule has 2 fully saturated rings. The van der Waals surface area contributed by atoms with Crippen molar-refractivity contribution in [1.29, 1.82) is 0 Å². The topological polar surface area (TPSA) is 47.6 Å². The van der Waals surface area contributed by atoms with Crippen LogP contribution in [0.3, 0.4) is 0 Å². The second kappa shape index (κ2) is 7.41. The van der Waals surface area contributed by atoms with Gasteiger partial charge in [0.1, 0.15) is 5.54 Å². The maximum Gasteiger partial charge on any atom is 0.328 e. The van der Waals surface area contributed by atoms with Crippen LogP contribution in [-0.4, -0.2) is 37.4 Å². The Bertz CT molecular complexity index is 311. The zero-order chi connectivity index (χ0) is 14.4. The van der Waals surface area contributed by atoms with Crippen molar-refractivity contribution in [1.82, 2.24) is 5.32 Å². The van der Waals surface area contributed by atoms with Crippen LogP contribution in [0.4, 0.5) is 0 Å². The van der Waals surface area contributed by atoms with Crippen LogP contribution in [0.1, 0.15) is 58.8 Å². The van der Waals surface area contributed by atoms with E-state index in [-0.39, 0.29) is 5.97 Å². The van der Waals surface area contributed by atoms with Crippen molar-refractivity contribution in [3.63, 3.8) is 0 Å². The molecule has 116 valence electrons. The highest BCUT2D eigenvalue weighted by atomic mass is 16.5. The summed E-state index contributed by atoms with van der Waals surface area (Å²) in [4.78, 5) is 12.1. The molecular formula is C16H29NO3. The minimum Gasteiger partial charge on any atom is -0.465 e. The maximum absolute atomic E-state index is 12.1. The molecule has 0 heterocycles. The molecule has 20 heavy (non-hydrogen) atoms. The summed E-state index contributed by atoms with van der Waals surface area (Å²) in [6.45, 7) is 5.37. The smallest absolute Gasteiger partial charge is 0.328 e. The number of carbonyl (C=O) groups excluding carboxylic acids is 1. The predicted molar refractivity (Wildman–Crippen MR) is 78.6 cm³/mol. The molecule has 1 N–H and O–H groups in total. The molecule has 2 aliphatic carbocycles. The first-order valence-electron chi connectivity index (χ1n) is 8.16. The van der Waals surface area contributed by atoms with Crippen molar-refractivity contribution >= 4 is 5.97 Å². The van der Waals surface area contributed by atoms with Gasteiger partial charge in [0, 0.05) is 12.6 Å². The van der Waals surface area contributed by atoms with E-state index in [0.29, 0.717) is 25.2 Å². The van der Waals surface area contributed by atoms with Crippen molar-refractivity contribution in [3.05, 3.63) is 0 Å². The van der Waals surface area contributed by atoms with Gasteiger partial charge in [0.15, 0.2) is 0 Å². The molecule has 0 bridgehead atoms. The normalized spacial score (nSPS) is 23.3. The zero-order valence-corrected chi connectivity index (χ0v) is 13.0. The fraction of sp³-hybridized carbons (Fsp3) is 0.938. The molecule has 0 aromatic heterocycles. The van der Waals surface area contributed by atoms with Crippen LogP contribution in [0.5, 0.6) is 0 Å². The fourth-order valence-electron chi connectivity index (χ4n) is 2.91. The van der Waals surface area contributed by atoms with Crippen molar-refractivity contribution in [3.8, 4) is 0 Å². The Kier molecular flexibility index (Phi) is 5.85. The van der Waals surface area contributed by atoms with Crippen molar-refractivity contribution < 1.29 is 14.3 Å². The average Bonchev–Trinajstić information content (AvgIpc) is 3.24. The molecule has 1 unspecified atom stereocenters. The van der Waals surface area contributed by atoms with Crippen LogP contribution in [-0.2, 0) is 14.3 Å². The van der Waals surface area contributed by atoms with Crippen LogP contribution < -0.4 is 5.32 Å². The molecule has 4 nitrogen and oxygen atoms in total. The van der Waals surface area contributed by atoms with E-state index in [1.54, 1.807) is 0 Å². The summed E-state index contributed by atoms with van der Waals surface area (Å²) < 4.78 is 11.1. The van der Waals surface area contributed by atoms with E-state index in [1.165, 1.54) is 32.1 Å². The van der Waals surface area contributed by atoms with Gasteiger partial charge in [-0.05, 0) is 45.4 Å². The quantitative estimate of drug-likeness (QED) is 0.696. The third-order valence-electron chi connectivity index (χ3n) is 4.30. The van der Waals surface area contributed by atoms with Gasteiger partial charge in [-0.3, -0.25) is 5.32 Å². The van der Waals surface area contributed by atoms with Crippen LogP contribution in [0, 0.1) is 5.92 Å². The lowest BCUT2D eigenvalue weighted by atomic mass is 9.90. The third kappa shape index (κ3) is 4.74. The van der Waals surface area contributed by atoms with Crippen LogP contribution in [0.25, 0.3) is 0 Å². The lowest BCUT2D eigenvalue weighted by Crippen LogP contribution is -2.55. The van der Waals surface area contributed by atoms with E-state index < -0.39 is 5.54 Å². The van der Waals surface area contributed by atoms with Gasteiger partial charge in [-0.25, -0.2) is 4.79 Å². The Morgan fingerprint density at radius 2 is 1.90 bits per heavy atom. The Hall–Kier alpha value is -0.610. The first-order chi connectivity index (χ1) is 9.64. The monoisotopic (exact) mass is 283 g/mol. The molecule has 4 heteroatoms. The lowest BCUT2D eigenvalue weighted by Gasteiger charge is -2.30. The molecule has 2 saturated carbocycles. The molecule has 0 saturated heterocycles. The molecule has 0 spiro atoms. The molecule has 0 amide bonds. The summed E-state index contributed by atoms with van der Waals surface area (Å²) >= 11 is 0. The van der Waals surface area contributed by atoms with Crippen LogP contribution in [0.2, 0.25) is 0 Å². The number of nitrogens with one attached hydrogen (secondary N) is 1. The summed E-state index contributed by atoms with van der Waals surface area (Å²) in [7, 11) is 0. The Morgan fingerprint density at radius 3 is 2.50 bits per heavy atom. The van der Waals surface area contributed by atoms with Crippen molar-refractivity contribution in [2.24, 2.45) is 5.92 Å². The van der Waals surface area contributed by atoms with Gasteiger partial charge in [0.2, 0.25) is 0 Å². The molecular weight excluding hydrogens is 254 g/mol. The fourth-order valence-corrected chi connectivity index (χ4v) is 2.91. The van der Waals surface area contributed by atoms with Gasteiger partial charge in [0.05, 0.1) is 13.2 Å². The highest BCUT2D eigenvalue weighted by Crippen LogP contribution is 2.26. The highest BCUT2D eigenvalue weighted by Gasteiger charge is 2.40. The van der Waals surface area contributed by atoms with Crippen LogP contribution in [0.15, 0.2) is 0 Å². The lowest BCUT2D eigenvalue weighted by molar-refractivity contribution is -0.153. The van der Waals surface area contributed by atoms with Crippen molar-refractivity contribution in [2.75, 3.05) is 19.8 Å². The van der Waals surface area contributed by atoms with Gasteiger partial charge in [-0.2, -0.15) is 0 Å². The van der Waals surface area contributed by atoms with Gasteiger partial charge in [-0.1, -0.05) is 19.3 Å². The Labute approximate surface area is 122 Å². The third-order valence-corrected chi connectivity index (χ3v) is 4.30. The molecule has 0 aromatic carbocycles. The number of rotatable bonds is 8. The SMILES string of the molecule is CCOC(=O)C(C)(COCC1CCCCC1)NC1CC1. The van der Waals surface area contributed by atoms with Gasteiger partial charge in [-0.15, -0.1) is 0 Å². The molecule has 0 aliphatic heterocycles. The van der Waals surface area contributed by atoms with Crippen LogP contribution >= 0.6 is 0 Å². The van der Waals surface area contributed by atoms with Gasteiger partial charge in [0.25, 0.3) is 0 Å². The molecule has 1 atom stereocenters. The van der Waals surface area contributed by atoms with Gasteiger partial charge < -0.3 is 9.47 Å². The van der Waals surface area contributed by atoms with Crippen molar-refractivity contribution in [2.45, 2.75) is 70.4 Å². The molecule has 2 rings (SSSR count). The summed E-state index contributed by atoms with van der Waals surface area (Å²) in [6, 6.07) is 0.461. The van der Waals surface area contributed by atoms with E-state index >= 15 is 0 Å². The van der Waals surface area contributed by atoms with E-state index in [9.17, 15) is 4.79 Å². The second-order valence-corrected chi connectivity index (χ2v) is 6.49. The number of esters is 1. The summed E-state index contributed by atoms with van der Waals surface area (Å²) in [5.74, 6) is 0.492. The summed E-state index contributed by atoms with van der Waals surface area (Å²) in [5.41, 5.74) is -0.689. The molecule has 0 radical (unpaired) electrons. The first kappa shape index (κ1) is 15.8. The second-order valence-electron chi connectivity index (χ2n) is 6.49. The molecule has 2 aliphatic rings. The highest BCUT2D eigenvalue weighted by molar-refractivity contribution is 5.80. The predicted octanol–water partition coefficient (Wildman–Crippen LogP) is 2.66. The molecule has 0 aromatic rings. The minimum absolute atomic E-state index is 0.185. The zero-order valence-electron chi connectivity index (χ0n) is 13.0. The number of hydrogen-bond donors (Lipinski definition) is 1. The van der Waals surface area contributed by atoms with Gasteiger partial charge >= 0.3 is 5.97 Å². The summed E-state index contributed by atoms with van der Waals surface area (Å²) in [5, 5.41) is 3.39. The number of hydrogen-bond acceptors (Lipinski definition) is 4. The first-order valence-corrected chi connectivity index (χ1v) is 8.16. The standard InChI is InChI=1S/C16H29NO3/c1-3-20-15(18)16(2,17-14-9-10-14)12-19-11-13-7-5-4-6-8-13/h13-14,17H,3-12H2,1-2H3. The number of ether oxygens (including phenoxy) is 2. The average molecular weight is 283 g/mol. The Morgan fingerprint density at radius 1 is 1.20 bits per heavy atom.